The third-order valence-electron chi connectivity index (χ3n) is 5.37. The molecule has 0 bridgehead atoms. The minimum Gasteiger partial charge on any atom is -0.508 e. The highest BCUT2D eigenvalue weighted by Crippen LogP contribution is 2.21. The number of hydrogen-bond donors (Lipinski definition) is 4. The first-order valence-corrected chi connectivity index (χ1v) is 10.8. The molecular weight excluding hydrogens is 452 g/mol. The van der Waals surface area contributed by atoms with Crippen molar-refractivity contribution in [2.45, 2.75) is 25.4 Å². The first-order chi connectivity index (χ1) is 16.7. The summed E-state index contributed by atoms with van der Waals surface area (Å²) in [5, 5.41) is 21.0. The molecule has 0 saturated carbocycles. The van der Waals surface area contributed by atoms with E-state index in [1.165, 1.54) is 17.0 Å². The van der Waals surface area contributed by atoms with Crippen molar-refractivity contribution in [3.05, 3.63) is 88.0 Å². The van der Waals surface area contributed by atoms with Crippen LogP contribution in [0.1, 0.15) is 28.8 Å². The number of nitro groups is 1. The zero-order valence-electron chi connectivity index (χ0n) is 18.8. The van der Waals surface area contributed by atoms with Gasteiger partial charge in [-0.15, -0.1) is 0 Å². The molecule has 0 aliphatic rings. The molecule has 2 amide bonds. The highest BCUT2D eigenvalue weighted by Gasteiger charge is 2.29. The number of hydrazine groups is 1. The molecule has 11 heteroatoms. The van der Waals surface area contributed by atoms with Crippen LogP contribution in [0.25, 0.3) is 10.8 Å². The van der Waals surface area contributed by atoms with Crippen molar-refractivity contribution in [1.82, 2.24) is 10.3 Å². The van der Waals surface area contributed by atoms with Gasteiger partial charge in [0.05, 0.1) is 0 Å². The molecule has 0 radical (unpaired) electrons. The van der Waals surface area contributed by atoms with Gasteiger partial charge in [0.15, 0.2) is 5.03 Å². The van der Waals surface area contributed by atoms with Gasteiger partial charge in [0, 0.05) is 18.7 Å². The van der Waals surface area contributed by atoms with E-state index >= 15 is 0 Å². The molecule has 6 N–H and O–H groups in total. The number of primary amides is 1. The molecule has 0 heterocycles. The Bertz CT molecular complexity index is 1240. The second-order valence-corrected chi connectivity index (χ2v) is 7.86. The van der Waals surface area contributed by atoms with Gasteiger partial charge in [-0.05, 0) is 53.4 Å². The van der Waals surface area contributed by atoms with Crippen molar-refractivity contribution < 1.29 is 19.7 Å². The number of carbonyl (C=O) groups excluding carboxylic acids is 2. The SMILES string of the molecule is NC(=O)[C@@H](CCCN=C(N)N[N+](=O)[O-])N(Cc1ccc(O)cc1)C(=O)c1ccc2ccccc2c1. The second-order valence-electron chi connectivity index (χ2n) is 7.86. The summed E-state index contributed by atoms with van der Waals surface area (Å²) in [6.45, 7) is 0.168. The summed E-state index contributed by atoms with van der Waals surface area (Å²) in [6.07, 6.45) is 0.465. The van der Waals surface area contributed by atoms with E-state index in [0.29, 0.717) is 17.5 Å². The Morgan fingerprint density at radius 2 is 1.74 bits per heavy atom. The molecule has 182 valence electrons. The topological polar surface area (TPSA) is 177 Å². The molecule has 3 aromatic rings. The van der Waals surface area contributed by atoms with Gasteiger partial charge in [-0.25, -0.2) is 15.1 Å². The largest absolute Gasteiger partial charge is 0.508 e. The van der Waals surface area contributed by atoms with Gasteiger partial charge >= 0.3 is 0 Å². The third kappa shape index (κ3) is 6.90. The smallest absolute Gasteiger partial charge is 0.254 e. The number of nitrogens with zero attached hydrogens (tertiary/aromatic N) is 3. The van der Waals surface area contributed by atoms with E-state index in [4.69, 9.17) is 11.5 Å². The Hall–Kier alpha value is -4.67. The Morgan fingerprint density at radius 3 is 2.40 bits per heavy atom. The molecule has 0 saturated heterocycles. The Kier molecular flexibility index (Phi) is 8.17. The number of fused-ring (bicyclic) bond motifs is 1. The van der Waals surface area contributed by atoms with Gasteiger partial charge in [-0.1, -0.05) is 47.9 Å². The number of nitrogens with two attached hydrogens (primary N) is 2. The molecule has 0 aliphatic heterocycles. The van der Waals surface area contributed by atoms with Crippen LogP contribution >= 0.6 is 0 Å². The van der Waals surface area contributed by atoms with Crippen LogP contribution in [0.2, 0.25) is 0 Å². The van der Waals surface area contributed by atoms with Gasteiger partial charge in [0.1, 0.15) is 11.8 Å². The van der Waals surface area contributed by atoms with Crippen LogP contribution in [0.4, 0.5) is 0 Å². The molecule has 1 atom stereocenters. The lowest BCUT2D eigenvalue weighted by Crippen LogP contribution is -2.47. The fraction of sp³-hybridized carbons (Fsp3) is 0.208. The van der Waals surface area contributed by atoms with Gasteiger partial charge in [0.25, 0.3) is 11.9 Å². The van der Waals surface area contributed by atoms with E-state index in [0.717, 1.165) is 10.8 Å². The average molecular weight is 479 g/mol. The van der Waals surface area contributed by atoms with Crippen molar-refractivity contribution in [1.29, 1.82) is 0 Å². The van der Waals surface area contributed by atoms with Gasteiger partial charge in [-0.2, -0.15) is 0 Å². The molecule has 0 fully saturated rings. The fourth-order valence-electron chi connectivity index (χ4n) is 3.67. The Balaban J connectivity index is 1.86. The zero-order valence-corrected chi connectivity index (χ0v) is 18.8. The van der Waals surface area contributed by atoms with Crippen molar-refractivity contribution >= 4 is 28.5 Å². The number of benzene rings is 3. The van der Waals surface area contributed by atoms with E-state index in [9.17, 15) is 24.8 Å². The maximum atomic E-state index is 13.6. The van der Waals surface area contributed by atoms with E-state index in [1.54, 1.807) is 29.7 Å². The normalized spacial score (nSPS) is 12.2. The quantitative estimate of drug-likeness (QED) is 0.113. The summed E-state index contributed by atoms with van der Waals surface area (Å²) in [6, 6.07) is 18.2. The minimum absolute atomic E-state index is 0.0754. The monoisotopic (exact) mass is 478 g/mol. The zero-order chi connectivity index (χ0) is 25.4. The van der Waals surface area contributed by atoms with Gasteiger partial charge in [0.2, 0.25) is 5.91 Å². The predicted molar refractivity (Wildman–Crippen MR) is 131 cm³/mol. The number of phenols is 1. The first kappa shape index (κ1) is 25.0. The van der Waals surface area contributed by atoms with Crippen LogP contribution in [0.5, 0.6) is 5.75 Å². The van der Waals surface area contributed by atoms with Crippen molar-refractivity contribution in [3.63, 3.8) is 0 Å². The number of aromatic hydroxyl groups is 1. The van der Waals surface area contributed by atoms with Crippen LogP contribution in [0.3, 0.4) is 0 Å². The summed E-state index contributed by atoms with van der Waals surface area (Å²) >= 11 is 0. The van der Waals surface area contributed by atoms with Crippen LogP contribution in [-0.2, 0) is 11.3 Å². The number of hydrogen-bond acceptors (Lipinski definition) is 6. The molecule has 0 aromatic heterocycles. The van der Waals surface area contributed by atoms with Crippen LogP contribution in [-0.4, -0.2) is 45.4 Å². The highest BCUT2D eigenvalue weighted by atomic mass is 16.7. The molecule has 3 rings (SSSR count). The number of phenolic OH excluding ortho intramolecular Hbond substituents is 1. The standard InChI is InChI=1S/C24H26N6O5/c25-22(32)21(6-3-13-27-24(26)28-30(34)35)29(15-16-7-11-20(31)12-8-16)23(33)19-10-9-17-4-1-2-5-18(17)14-19/h1-2,4-5,7-12,14,21,31H,3,6,13,15H2,(H2,25,32)(H3,26,27,28)/t21-/m1/s1. The van der Waals surface area contributed by atoms with Crippen molar-refractivity contribution in [2.24, 2.45) is 16.5 Å². The predicted octanol–water partition coefficient (Wildman–Crippen LogP) is 1.92. The van der Waals surface area contributed by atoms with E-state index < -0.39 is 17.0 Å². The number of guanidine groups is 1. The van der Waals surface area contributed by atoms with E-state index in [2.05, 4.69) is 4.99 Å². The third-order valence-corrected chi connectivity index (χ3v) is 5.37. The summed E-state index contributed by atoms with van der Waals surface area (Å²) in [5.41, 5.74) is 13.9. The molecule has 0 spiro atoms. The van der Waals surface area contributed by atoms with Gasteiger partial charge in [-0.3, -0.25) is 9.59 Å². The number of rotatable bonds is 10. The molecular formula is C24H26N6O5. The maximum absolute atomic E-state index is 13.6. The van der Waals surface area contributed by atoms with E-state index in [-0.39, 0.29) is 37.1 Å². The first-order valence-electron chi connectivity index (χ1n) is 10.8. The lowest BCUT2D eigenvalue weighted by molar-refractivity contribution is -0.525. The lowest BCUT2D eigenvalue weighted by atomic mass is 10.0. The number of nitrogens with one attached hydrogen (secondary N) is 1. The summed E-state index contributed by atoms with van der Waals surface area (Å²) < 4.78 is 0. The number of aliphatic imine (C=N–C) groups is 1. The average Bonchev–Trinajstić information content (AvgIpc) is 2.82. The molecule has 11 nitrogen and oxygen atoms in total. The van der Waals surface area contributed by atoms with Crippen molar-refractivity contribution in [2.75, 3.05) is 6.54 Å². The lowest BCUT2D eigenvalue weighted by Gasteiger charge is -2.30. The summed E-state index contributed by atoms with van der Waals surface area (Å²) in [4.78, 5) is 41.7. The van der Waals surface area contributed by atoms with Crippen molar-refractivity contribution in [3.8, 4) is 5.75 Å². The summed E-state index contributed by atoms with van der Waals surface area (Å²) in [7, 11) is 0. The van der Waals surface area contributed by atoms with Crippen LogP contribution in [0.15, 0.2) is 71.7 Å². The second kappa shape index (κ2) is 11.5. The minimum atomic E-state index is -0.970. The Labute approximate surface area is 201 Å². The van der Waals surface area contributed by atoms with Crippen LogP contribution in [0, 0.1) is 10.1 Å². The van der Waals surface area contributed by atoms with Gasteiger partial charge < -0.3 is 21.5 Å². The fourth-order valence-corrected chi connectivity index (χ4v) is 3.67. The van der Waals surface area contributed by atoms with E-state index in [1.807, 2.05) is 30.3 Å². The molecule has 0 aliphatic carbocycles. The number of carbonyl (C=O) groups is 2. The van der Waals surface area contributed by atoms with Crippen LogP contribution < -0.4 is 16.9 Å². The summed E-state index contributed by atoms with van der Waals surface area (Å²) in [5.74, 6) is -1.37. The Morgan fingerprint density at radius 1 is 1.06 bits per heavy atom. The number of amides is 2. The highest BCUT2D eigenvalue weighted by molar-refractivity contribution is 6.00. The molecule has 0 unspecified atom stereocenters. The maximum Gasteiger partial charge on any atom is 0.254 e. The molecule has 35 heavy (non-hydrogen) atoms. The molecule has 3 aromatic carbocycles.